The van der Waals surface area contributed by atoms with E-state index in [4.69, 9.17) is 15.2 Å². The number of hydrogen-bond acceptors (Lipinski definition) is 4. The fourth-order valence-electron chi connectivity index (χ4n) is 2.72. The van der Waals surface area contributed by atoms with E-state index in [2.05, 4.69) is 18.7 Å². The topological polar surface area (TPSA) is 47.7 Å². The molecule has 4 heteroatoms. The zero-order chi connectivity index (χ0) is 14.5. The molecule has 1 fully saturated rings. The quantitative estimate of drug-likeness (QED) is 0.897. The van der Waals surface area contributed by atoms with Gasteiger partial charge in [0, 0.05) is 25.2 Å². The maximum Gasteiger partial charge on any atom is 0.118 e. The summed E-state index contributed by atoms with van der Waals surface area (Å²) in [6, 6.07) is 8.54. The third kappa shape index (κ3) is 3.72. The van der Waals surface area contributed by atoms with E-state index in [1.165, 1.54) is 0 Å². The van der Waals surface area contributed by atoms with Gasteiger partial charge >= 0.3 is 0 Å². The van der Waals surface area contributed by atoms with E-state index < -0.39 is 0 Å². The Morgan fingerprint density at radius 1 is 1.40 bits per heavy atom. The molecule has 3 unspecified atom stereocenters. The standard InChI is InChI=1S/C16H26N2O2/c1-4-14-11-20-12(2)9-18(14)10-16(17)13-5-7-15(19-3)8-6-13/h5-8,12,14,16H,4,9-11,17H2,1-3H3. The van der Waals surface area contributed by atoms with Crippen LogP contribution in [0.4, 0.5) is 0 Å². The van der Waals surface area contributed by atoms with E-state index in [1.807, 2.05) is 24.3 Å². The summed E-state index contributed by atoms with van der Waals surface area (Å²) in [6.45, 7) is 6.97. The Labute approximate surface area is 121 Å². The van der Waals surface area contributed by atoms with Crippen molar-refractivity contribution in [1.82, 2.24) is 4.90 Å². The van der Waals surface area contributed by atoms with Crippen molar-refractivity contribution in [2.45, 2.75) is 38.5 Å². The van der Waals surface area contributed by atoms with Crippen molar-refractivity contribution >= 4 is 0 Å². The van der Waals surface area contributed by atoms with E-state index in [9.17, 15) is 0 Å². The first-order valence-electron chi connectivity index (χ1n) is 7.39. The molecule has 0 amide bonds. The van der Waals surface area contributed by atoms with Gasteiger partial charge in [-0.25, -0.2) is 0 Å². The number of benzene rings is 1. The van der Waals surface area contributed by atoms with Gasteiger partial charge in [0.05, 0.1) is 19.8 Å². The maximum atomic E-state index is 6.36. The van der Waals surface area contributed by atoms with Crippen molar-refractivity contribution in [2.75, 3.05) is 26.8 Å². The molecule has 4 nitrogen and oxygen atoms in total. The van der Waals surface area contributed by atoms with Crippen LogP contribution in [0.5, 0.6) is 5.75 Å². The number of nitrogens with zero attached hydrogens (tertiary/aromatic N) is 1. The van der Waals surface area contributed by atoms with Crippen LogP contribution >= 0.6 is 0 Å². The minimum atomic E-state index is 0.0280. The highest BCUT2D eigenvalue weighted by molar-refractivity contribution is 5.29. The summed E-state index contributed by atoms with van der Waals surface area (Å²) in [5.41, 5.74) is 7.51. The Morgan fingerprint density at radius 3 is 2.70 bits per heavy atom. The Morgan fingerprint density at radius 2 is 2.10 bits per heavy atom. The normalized spacial score (nSPS) is 25.4. The lowest BCUT2D eigenvalue weighted by atomic mass is 10.0. The molecule has 1 saturated heterocycles. The molecule has 0 aliphatic carbocycles. The van der Waals surface area contributed by atoms with E-state index in [-0.39, 0.29) is 6.04 Å². The number of ether oxygens (including phenoxy) is 2. The smallest absolute Gasteiger partial charge is 0.118 e. The summed E-state index contributed by atoms with van der Waals surface area (Å²) in [4.78, 5) is 2.46. The van der Waals surface area contributed by atoms with Crippen LogP contribution in [0.3, 0.4) is 0 Å². The maximum absolute atomic E-state index is 6.36. The zero-order valence-electron chi connectivity index (χ0n) is 12.7. The predicted molar refractivity (Wildman–Crippen MR) is 81.0 cm³/mol. The second-order valence-electron chi connectivity index (χ2n) is 5.54. The first-order valence-corrected chi connectivity index (χ1v) is 7.39. The van der Waals surface area contributed by atoms with Gasteiger partial charge in [0.1, 0.15) is 5.75 Å². The van der Waals surface area contributed by atoms with Crippen molar-refractivity contribution in [2.24, 2.45) is 5.73 Å². The average molecular weight is 278 g/mol. The third-order valence-corrected chi connectivity index (χ3v) is 4.03. The lowest BCUT2D eigenvalue weighted by Gasteiger charge is -2.39. The van der Waals surface area contributed by atoms with E-state index in [0.29, 0.717) is 12.1 Å². The Hall–Kier alpha value is -1.10. The fraction of sp³-hybridized carbons (Fsp3) is 0.625. The van der Waals surface area contributed by atoms with Gasteiger partial charge in [0.15, 0.2) is 0 Å². The van der Waals surface area contributed by atoms with Crippen LogP contribution in [0, 0.1) is 0 Å². The van der Waals surface area contributed by atoms with Gasteiger partial charge in [0.2, 0.25) is 0 Å². The number of morpholine rings is 1. The Balaban J connectivity index is 1.99. The minimum Gasteiger partial charge on any atom is -0.497 e. The first-order chi connectivity index (χ1) is 9.63. The predicted octanol–water partition coefficient (Wildman–Crippen LogP) is 2.19. The summed E-state index contributed by atoms with van der Waals surface area (Å²) in [7, 11) is 1.68. The van der Waals surface area contributed by atoms with Crippen molar-refractivity contribution < 1.29 is 9.47 Å². The first kappa shape index (κ1) is 15.3. The van der Waals surface area contributed by atoms with Gasteiger partial charge in [0.25, 0.3) is 0 Å². The highest BCUT2D eigenvalue weighted by Crippen LogP contribution is 2.20. The molecule has 1 heterocycles. The molecule has 1 aliphatic rings. The molecule has 3 atom stereocenters. The summed E-state index contributed by atoms with van der Waals surface area (Å²) in [6.07, 6.45) is 1.39. The van der Waals surface area contributed by atoms with Crippen LogP contribution in [0.1, 0.15) is 31.9 Å². The molecule has 2 N–H and O–H groups in total. The van der Waals surface area contributed by atoms with Crippen LogP contribution in [0.2, 0.25) is 0 Å². The van der Waals surface area contributed by atoms with Crippen LogP contribution in [-0.2, 0) is 4.74 Å². The van der Waals surface area contributed by atoms with Crippen molar-refractivity contribution in [3.63, 3.8) is 0 Å². The molecular formula is C16H26N2O2. The number of nitrogens with two attached hydrogens (primary N) is 1. The number of hydrogen-bond donors (Lipinski definition) is 1. The zero-order valence-corrected chi connectivity index (χ0v) is 12.7. The second kappa shape index (κ2) is 7.07. The molecule has 0 radical (unpaired) electrons. The van der Waals surface area contributed by atoms with Crippen LogP contribution in [0.15, 0.2) is 24.3 Å². The van der Waals surface area contributed by atoms with E-state index >= 15 is 0 Å². The Bertz CT molecular complexity index is 407. The van der Waals surface area contributed by atoms with Crippen LogP contribution in [-0.4, -0.2) is 43.9 Å². The van der Waals surface area contributed by atoms with Crippen molar-refractivity contribution in [1.29, 1.82) is 0 Å². The molecule has 20 heavy (non-hydrogen) atoms. The number of methoxy groups -OCH3 is 1. The van der Waals surface area contributed by atoms with Gasteiger partial charge in [-0.15, -0.1) is 0 Å². The molecule has 0 saturated carbocycles. The van der Waals surface area contributed by atoms with Gasteiger partial charge in [-0.2, -0.15) is 0 Å². The third-order valence-electron chi connectivity index (χ3n) is 4.03. The fourth-order valence-corrected chi connectivity index (χ4v) is 2.72. The lowest BCUT2D eigenvalue weighted by molar-refractivity contribution is -0.0575. The molecular weight excluding hydrogens is 252 g/mol. The molecule has 0 bridgehead atoms. The minimum absolute atomic E-state index is 0.0280. The monoisotopic (exact) mass is 278 g/mol. The summed E-state index contributed by atoms with van der Waals surface area (Å²) >= 11 is 0. The summed E-state index contributed by atoms with van der Waals surface area (Å²) in [5.74, 6) is 0.868. The number of rotatable bonds is 5. The Kier molecular flexibility index (Phi) is 5.40. The van der Waals surface area contributed by atoms with Crippen LogP contribution < -0.4 is 10.5 Å². The van der Waals surface area contributed by atoms with Crippen LogP contribution in [0.25, 0.3) is 0 Å². The largest absolute Gasteiger partial charge is 0.497 e. The highest BCUT2D eigenvalue weighted by Gasteiger charge is 2.26. The van der Waals surface area contributed by atoms with Crippen molar-refractivity contribution in [3.8, 4) is 5.75 Å². The highest BCUT2D eigenvalue weighted by atomic mass is 16.5. The van der Waals surface area contributed by atoms with E-state index in [1.54, 1.807) is 7.11 Å². The summed E-state index contributed by atoms with van der Waals surface area (Å²) in [5, 5.41) is 0. The van der Waals surface area contributed by atoms with Gasteiger partial charge in [-0.1, -0.05) is 19.1 Å². The second-order valence-corrected chi connectivity index (χ2v) is 5.54. The SMILES string of the molecule is CCC1COC(C)CN1CC(N)c1ccc(OC)cc1. The van der Waals surface area contributed by atoms with Gasteiger partial charge < -0.3 is 15.2 Å². The van der Waals surface area contributed by atoms with E-state index in [0.717, 1.165) is 37.4 Å². The molecule has 112 valence electrons. The molecule has 1 aliphatic heterocycles. The average Bonchev–Trinajstić information content (AvgIpc) is 2.47. The summed E-state index contributed by atoms with van der Waals surface area (Å²) < 4.78 is 10.9. The lowest BCUT2D eigenvalue weighted by Crippen LogP contribution is -2.50. The van der Waals surface area contributed by atoms with Crippen molar-refractivity contribution in [3.05, 3.63) is 29.8 Å². The molecule has 1 aromatic rings. The van der Waals surface area contributed by atoms with Gasteiger partial charge in [-0.3, -0.25) is 4.90 Å². The molecule has 0 spiro atoms. The molecule has 0 aromatic heterocycles. The molecule has 1 aromatic carbocycles. The van der Waals surface area contributed by atoms with Gasteiger partial charge in [-0.05, 0) is 31.0 Å². The molecule has 2 rings (SSSR count).